The van der Waals surface area contributed by atoms with Crippen LogP contribution < -0.4 is 0 Å². The molecule has 94 valence electrons. The normalized spacial score (nSPS) is 10.7. The van der Waals surface area contributed by atoms with E-state index in [1.807, 2.05) is 6.92 Å². The molecule has 2 aromatic heterocycles. The van der Waals surface area contributed by atoms with Gasteiger partial charge in [0.25, 0.3) is 0 Å². The molecule has 2 aromatic rings. The lowest BCUT2D eigenvalue weighted by atomic mass is 10.1. The zero-order valence-electron chi connectivity index (χ0n) is 9.94. The molecule has 0 radical (unpaired) electrons. The van der Waals surface area contributed by atoms with Crippen LogP contribution in [0.1, 0.15) is 21.9 Å². The van der Waals surface area contributed by atoms with Gasteiger partial charge in [-0.25, -0.2) is 0 Å². The van der Waals surface area contributed by atoms with E-state index in [0.29, 0.717) is 20.9 Å². The molecule has 0 atom stereocenters. The summed E-state index contributed by atoms with van der Waals surface area (Å²) in [5.41, 5.74) is 1.84. The zero-order valence-corrected chi connectivity index (χ0v) is 12.3. The predicted molar refractivity (Wildman–Crippen MR) is 72.9 cm³/mol. The average Bonchev–Trinajstić information content (AvgIpc) is 2.56. The fourth-order valence-corrected chi connectivity index (χ4v) is 2.40. The number of ketones is 1. The number of carbonyl (C=O) groups excluding carboxylic acids is 1. The second-order valence-electron chi connectivity index (χ2n) is 3.90. The number of pyridine rings is 1. The number of nitrogens with zero attached hydrogens (tertiary/aromatic N) is 3. The molecular formula is C12H11BrClN3O. The first kappa shape index (κ1) is 13.2. The number of halogens is 2. The molecule has 18 heavy (non-hydrogen) atoms. The van der Waals surface area contributed by atoms with E-state index in [-0.39, 0.29) is 12.2 Å². The highest BCUT2D eigenvalue weighted by molar-refractivity contribution is 9.10. The van der Waals surface area contributed by atoms with Gasteiger partial charge in [-0.1, -0.05) is 11.6 Å². The van der Waals surface area contributed by atoms with Crippen molar-refractivity contribution in [1.29, 1.82) is 0 Å². The van der Waals surface area contributed by atoms with Crippen molar-refractivity contribution in [2.45, 2.75) is 13.3 Å². The molecule has 0 aliphatic rings. The molecule has 0 spiro atoms. The molecule has 0 saturated heterocycles. The Morgan fingerprint density at radius 3 is 2.83 bits per heavy atom. The molecule has 0 aromatic carbocycles. The number of rotatable bonds is 3. The summed E-state index contributed by atoms with van der Waals surface area (Å²) in [6.07, 6.45) is 1.78. The van der Waals surface area contributed by atoms with Crippen molar-refractivity contribution < 1.29 is 4.79 Å². The van der Waals surface area contributed by atoms with Crippen LogP contribution in [0.4, 0.5) is 0 Å². The minimum atomic E-state index is -0.0904. The molecule has 0 saturated carbocycles. The lowest BCUT2D eigenvalue weighted by molar-refractivity contribution is 0.0985. The molecule has 0 fully saturated rings. The summed E-state index contributed by atoms with van der Waals surface area (Å²) in [7, 11) is 1.77. The first-order chi connectivity index (χ1) is 8.50. The van der Waals surface area contributed by atoms with Gasteiger partial charge < -0.3 is 0 Å². The van der Waals surface area contributed by atoms with Crippen LogP contribution in [-0.4, -0.2) is 20.5 Å². The second kappa shape index (κ2) is 5.20. The molecule has 0 amide bonds. The number of hydrogen-bond donors (Lipinski definition) is 0. The maximum absolute atomic E-state index is 12.2. The average molecular weight is 329 g/mol. The topological polar surface area (TPSA) is 47.8 Å². The standard InChI is InChI=1S/C12H11BrClN3O/c1-7-11(14)9(17(2)16-7)6-10(18)12-8(13)4-3-5-15-12/h3-5H,6H2,1-2H3. The van der Waals surface area contributed by atoms with E-state index in [9.17, 15) is 4.79 Å². The Labute approximate surface area is 118 Å². The number of Topliss-reactive ketones (excluding diaryl/α,β-unsaturated/α-hetero) is 1. The molecule has 0 unspecified atom stereocenters. The molecule has 0 aliphatic heterocycles. The van der Waals surface area contributed by atoms with Gasteiger partial charge in [-0.3, -0.25) is 14.5 Å². The third kappa shape index (κ3) is 2.47. The summed E-state index contributed by atoms with van der Waals surface area (Å²) in [6, 6.07) is 3.55. The quantitative estimate of drug-likeness (QED) is 0.814. The molecule has 4 nitrogen and oxygen atoms in total. The van der Waals surface area contributed by atoms with Crippen LogP contribution in [0.15, 0.2) is 22.8 Å². The van der Waals surface area contributed by atoms with E-state index in [0.717, 1.165) is 5.69 Å². The van der Waals surface area contributed by atoms with E-state index < -0.39 is 0 Å². The van der Waals surface area contributed by atoms with Crippen LogP contribution in [0.2, 0.25) is 5.02 Å². The van der Waals surface area contributed by atoms with Crippen molar-refractivity contribution >= 4 is 33.3 Å². The van der Waals surface area contributed by atoms with Gasteiger partial charge in [0, 0.05) is 17.7 Å². The summed E-state index contributed by atoms with van der Waals surface area (Å²) in [5.74, 6) is -0.0904. The van der Waals surface area contributed by atoms with E-state index >= 15 is 0 Å². The highest BCUT2D eigenvalue weighted by Gasteiger charge is 2.18. The maximum Gasteiger partial charge on any atom is 0.188 e. The minimum Gasteiger partial charge on any atom is -0.292 e. The van der Waals surface area contributed by atoms with Crippen molar-refractivity contribution in [2.24, 2.45) is 7.05 Å². The maximum atomic E-state index is 12.2. The van der Waals surface area contributed by atoms with Crippen LogP contribution in [0.25, 0.3) is 0 Å². The van der Waals surface area contributed by atoms with Crippen molar-refractivity contribution in [3.8, 4) is 0 Å². The van der Waals surface area contributed by atoms with Gasteiger partial charge in [-0.05, 0) is 35.0 Å². The number of aryl methyl sites for hydroxylation is 2. The van der Waals surface area contributed by atoms with Crippen LogP contribution in [0.5, 0.6) is 0 Å². The molecule has 2 rings (SSSR count). The Balaban J connectivity index is 2.30. The van der Waals surface area contributed by atoms with E-state index in [1.54, 1.807) is 30.1 Å². The van der Waals surface area contributed by atoms with Gasteiger partial charge in [0.15, 0.2) is 5.78 Å². The van der Waals surface area contributed by atoms with Crippen LogP contribution in [0.3, 0.4) is 0 Å². The molecule has 6 heteroatoms. The summed E-state index contributed by atoms with van der Waals surface area (Å²) in [6.45, 7) is 1.81. The Morgan fingerprint density at radius 2 is 2.28 bits per heavy atom. The Hall–Kier alpha value is -1.20. The van der Waals surface area contributed by atoms with Crippen molar-refractivity contribution in [2.75, 3.05) is 0 Å². The Kier molecular flexibility index (Phi) is 3.82. The van der Waals surface area contributed by atoms with Crippen LogP contribution >= 0.6 is 27.5 Å². The Morgan fingerprint density at radius 1 is 1.56 bits per heavy atom. The first-order valence-corrected chi connectivity index (χ1v) is 6.49. The minimum absolute atomic E-state index is 0.0904. The number of carbonyl (C=O) groups is 1. The highest BCUT2D eigenvalue weighted by atomic mass is 79.9. The van der Waals surface area contributed by atoms with Gasteiger partial charge in [0.2, 0.25) is 0 Å². The molecular weight excluding hydrogens is 318 g/mol. The fourth-order valence-electron chi connectivity index (χ4n) is 1.70. The third-order valence-electron chi connectivity index (χ3n) is 2.61. The Bertz CT molecular complexity index is 609. The van der Waals surface area contributed by atoms with Crippen LogP contribution in [-0.2, 0) is 13.5 Å². The molecule has 2 heterocycles. The molecule has 0 N–H and O–H groups in total. The van der Waals surface area contributed by atoms with Crippen molar-refractivity contribution in [3.63, 3.8) is 0 Å². The second-order valence-corrected chi connectivity index (χ2v) is 5.14. The molecule has 0 bridgehead atoms. The summed E-state index contributed by atoms with van der Waals surface area (Å²) < 4.78 is 2.32. The number of aromatic nitrogens is 3. The summed E-state index contributed by atoms with van der Waals surface area (Å²) in [4.78, 5) is 16.2. The lowest BCUT2D eigenvalue weighted by Gasteiger charge is -2.03. The summed E-state index contributed by atoms with van der Waals surface area (Å²) in [5, 5.41) is 4.72. The largest absolute Gasteiger partial charge is 0.292 e. The molecule has 0 aliphatic carbocycles. The van der Waals surface area contributed by atoms with Gasteiger partial charge >= 0.3 is 0 Å². The lowest BCUT2D eigenvalue weighted by Crippen LogP contribution is -2.10. The SMILES string of the molecule is Cc1nn(C)c(CC(=O)c2ncccc2Br)c1Cl. The van der Waals surface area contributed by atoms with Crippen molar-refractivity contribution in [3.05, 3.63) is 44.9 Å². The van der Waals surface area contributed by atoms with E-state index in [1.165, 1.54) is 0 Å². The highest BCUT2D eigenvalue weighted by Crippen LogP contribution is 2.22. The fraction of sp³-hybridized carbons (Fsp3) is 0.250. The number of hydrogen-bond acceptors (Lipinski definition) is 3. The zero-order chi connectivity index (χ0) is 13.3. The predicted octanol–water partition coefficient (Wildman–Crippen LogP) is 2.96. The van der Waals surface area contributed by atoms with E-state index in [2.05, 4.69) is 26.0 Å². The first-order valence-electron chi connectivity index (χ1n) is 5.32. The monoisotopic (exact) mass is 327 g/mol. The van der Waals surface area contributed by atoms with Gasteiger partial charge in [-0.2, -0.15) is 5.10 Å². The van der Waals surface area contributed by atoms with Gasteiger partial charge in [0.1, 0.15) is 5.69 Å². The smallest absolute Gasteiger partial charge is 0.188 e. The van der Waals surface area contributed by atoms with Crippen molar-refractivity contribution in [1.82, 2.24) is 14.8 Å². The van der Waals surface area contributed by atoms with E-state index in [4.69, 9.17) is 11.6 Å². The van der Waals surface area contributed by atoms with Gasteiger partial charge in [0.05, 0.1) is 22.8 Å². The third-order valence-corrected chi connectivity index (χ3v) is 3.74. The summed E-state index contributed by atoms with van der Waals surface area (Å²) >= 11 is 9.43. The van der Waals surface area contributed by atoms with Gasteiger partial charge in [-0.15, -0.1) is 0 Å². The van der Waals surface area contributed by atoms with Crippen LogP contribution in [0, 0.1) is 6.92 Å².